The first-order chi connectivity index (χ1) is 26.6. The first-order valence-electron chi connectivity index (χ1n) is 20.8. The highest BCUT2D eigenvalue weighted by atomic mass is 16.2. The molecule has 2 aliphatic carbocycles. The summed E-state index contributed by atoms with van der Waals surface area (Å²) in [5.74, 6) is 4.28. The molecule has 6 rings (SSSR count). The molecule has 4 aromatic rings. The van der Waals surface area contributed by atoms with Gasteiger partial charge >= 0.3 is 0 Å². The fraction of sp³-hybridized carbons (Fsp3) is 0.542. The van der Waals surface area contributed by atoms with Gasteiger partial charge in [0.25, 0.3) is 0 Å². The number of hydrogen-bond donors (Lipinski definition) is 4. The van der Waals surface area contributed by atoms with Crippen molar-refractivity contribution in [2.75, 3.05) is 0 Å². The molecule has 56 heavy (non-hydrogen) atoms. The number of H-pyrrole nitrogens is 2. The molecule has 0 aliphatic heterocycles. The number of carbonyl (C=O) groups excluding carboxylic acids is 2. The normalized spacial score (nSPS) is 14.6. The van der Waals surface area contributed by atoms with E-state index >= 15 is 0 Å². The fourth-order valence-electron chi connectivity index (χ4n) is 7.33. The molecule has 2 amide bonds. The molecule has 0 bridgehead atoms. The van der Waals surface area contributed by atoms with Gasteiger partial charge < -0.3 is 20.6 Å². The van der Waals surface area contributed by atoms with E-state index in [0.717, 1.165) is 82.8 Å². The lowest BCUT2D eigenvalue weighted by Gasteiger charge is -2.30. The molecular weight excluding hydrogens is 693 g/mol. The van der Waals surface area contributed by atoms with Crippen LogP contribution in [0.5, 0.6) is 0 Å². The van der Waals surface area contributed by atoms with Gasteiger partial charge in [0, 0.05) is 10.8 Å². The average molecular weight is 763 g/mol. The van der Waals surface area contributed by atoms with Crippen LogP contribution in [0.15, 0.2) is 60.9 Å². The minimum atomic E-state index is -0.355. The molecule has 8 heteroatoms. The summed E-state index contributed by atoms with van der Waals surface area (Å²) in [5, 5.41) is 6.20. The van der Waals surface area contributed by atoms with E-state index in [0.29, 0.717) is 24.9 Å². The first-order valence-corrected chi connectivity index (χ1v) is 20.8. The van der Waals surface area contributed by atoms with Crippen molar-refractivity contribution in [3.63, 3.8) is 0 Å². The predicted molar refractivity (Wildman–Crippen MR) is 233 cm³/mol. The molecule has 4 N–H and O–H groups in total. The third-order valence-corrected chi connectivity index (χ3v) is 10.7. The highest BCUT2D eigenvalue weighted by Gasteiger charge is 2.39. The van der Waals surface area contributed by atoms with Crippen molar-refractivity contribution in [3.05, 3.63) is 72.6 Å². The summed E-state index contributed by atoms with van der Waals surface area (Å²) in [6.45, 7) is 22.0. The number of aromatic nitrogens is 4. The number of amides is 2. The number of rotatable bonds is 11. The van der Waals surface area contributed by atoms with Crippen molar-refractivity contribution in [2.45, 2.75) is 134 Å². The second kappa shape index (κ2) is 21.6. The fourth-order valence-corrected chi connectivity index (χ4v) is 7.33. The minimum absolute atomic E-state index is 0.100. The minimum Gasteiger partial charge on any atom is -0.348 e. The van der Waals surface area contributed by atoms with Crippen LogP contribution < -0.4 is 10.6 Å². The van der Waals surface area contributed by atoms with Crippen LogP contribution in [-0.4, -0.2) is 31.8 Å². The Morgan fingerprint density at radius 2 is 0.857 bits per heavy atom. The number of imidazole rings is 2. The third-order valence-electron chi connectivity index (χ3n) is 10.7. The molecule has 0 radical (unpaired) electrons. The van der Waals surface area contributed by atoms with Crippen LogP contribution in [-0.2, 0) is 22.7 Å². The van der Waals surface area contributed by atoms with Gasteiger partial charge in [0.15, 0.2) is 0 Å². The average Bonchev–Trinajstić information content (AvgIpc) is 4.02. The first kappa shape index (κ1) is 45.7. The molecule has 2 aromatic heterocycles. The predicted octanol–water partition coefficient (Wildman–Crippen LogP) is 11.4. The Bertz CT molecular complexity index is 1650. The monoisotopic (exact) mass is 763 g/mol. The van der Waals surface area contributed by atoms with Crippen LogP contribution in [0.4, 0.5) is 0 Å². The Labute approximate surface area is 338 Å². The molecule has 2 heterocycles. The van der Waals surface area contributed by atoms with Crippen LogP contribution >= 0.6 is 0 Å². The number of nitrogens with zero attached hydrogens (tertiary/aromatic N) is 2. The lowest BCUT2D eigenvalue weighted by molar-refractivity contribution is -0.133. The Kier molecular flexibility index (Phi) is 17.6. The number of carbonyl (C=O) groups is 2. The Morgan fingerprint density at radius 1 is 0.589 bits per heavy atom. The molecule has 0 atom stereocenters. The van der Waals surface area contributed by atoms with Gasteiger partial charge in [-0.05, 0) is 71.6 Å². The van der Waals surface area contributed by atoms with Crippen molar-refractivity contribution in [3.8, 4) is 46.5 Å². The quantitative estimate of drug-likeness (QED) is 0.114. The van der Waals surface area contributed by atoms with E-state index in [1.165, 1.54) is 25.7 Å². The van der Waals surface area contributed by atoms with E-state index in [1.807, 2.05) is 12.4 Å². The van der Waals surface area contributed by atoms with E-state index in [-0.39, 0.29) is 22.6 Å². The zero-order valence-corrected chi connectivity index (χ0v) is 36.0. The van der Waals surface area contributed by atoms with E-state index in [2.05, 4.69) is 161 Å². The zero-order valence-electron chi connectivity index (χ0n) is 36.0. The van der Waals surface area contributed by atoms with Gasteiger partial charge in [0.05, 0.1) is 36.9 Å². The summed E-state index contributed by atoms with van der Waals surface area (Å²) in [4.78, 5) is 41.6. The van der Waals surface area contributed by atoms with Gasteiger partial charge in [-0.3, -0.25) is 9.59 Å². The molecule has 2 aliphatic rings. The van der Waals surface area contributed by atoms with Crippen LogP contribution in [0.3, 0.4) is 0 Å². The van der Waals surface area contributed by atoms with Crippen LogP contribution in [0.2, 0.25) is 0 Å². The van der Waals surface area contributed by atoms with Crippen molar-refractivity contribution in [1.82, 2.24) is 30.6 Å². The summed E-state index contributed by atoms with van der Waals surface area (Å²) >= 11 is 0. The van der Waals surface area contributed by atoms with Crippen molar-refractivity contribution < 1.29 is 9.59 Å². The number of hydrogen-bond acceptors (Lipinski definition) is 4. The zero-order chi connectivity index (χ0) is 41.5. The smallest absolute Gasteiger partial charge is 0.226 e. The van der Waals surface area contributed by atoms with Gasteiger partial charge in [0.2, 0.25) is 11.8 Å². The Balaban J connectivity index is 0.000000759. The highest BCUT2D eigenvalue weighted by molar-refractivity contribution is 5.82. The van der Waals surface area contributed by atoms with E-state index in [4.69, 9.17) is 0 Å². The topological polar surface area (TPSA) is 116 Å². The molecule has 0 saturated heterocycles. The molecular formula is C48H70N6O2. The standard InChI is InChI=1S/C38H48N6O2.2C4H10.C2H2/c1-37(2,29-9-5-6-10-29)35(45)41-23-33-39-21-31(43-33)27-17-13-25(14-18-27)26-15-19-28(20-16-26)32-22-40-34(44-32)24-42-36(46)38(3,4)30-11-7-8-12-30;2*1-4(2)3;1-2/h13-22,29-30H,5-12,23-24H2,1-4H3,(H,39,43)(H,40,44)(H,41,45)(H,42,46);2*4H,1-3H3;1-2H. The molecule has 8 nitrogen and oxygen atoms in total. The maximum absolute atomic E-state index is 12.9. The van der Waals surface area contributed by atoms with Gasteiger partial charge in [-0.25, -0.2) is 9.97 Å². The summed E-state index contributed by atoms with van der Waals surface area (Å²) in [6, 6.07) is 16.8. The number of aromatic amines is 2. The summed E-state index contributed by atoms with van der Waals surface area (Å²) in [5.41, 5.74) is 5.46. The third kappa shape index (κ3) is 13.2. The highest BCUT2D eigenvalue weighted by Crippen LogP contribution is 2.40. The van der Waals surface area contributed by atoms with Crippen LogP contribution in [0, 0.1) is 47.3 Å². The van der Waals surface area contributed by atoms with Gasteiger partial charge in [0.1, 0.15) is 11.6 Å². The van der Waals surface area contributed by atoms with E-state index < -0.39 is 0 Å². The lowest BCUT2D eigenvalue weighted by atomic mass is 9.77. The molecule has 2 saturated carbocycles. The van der Waals surface area contributed by atoms with Gasteiger partial charge in [-0.2, -0.15) is 0 Å². The SMILES string of the molecule is C#C.CC(C)(C(=O)NCc1ncc(-c2ccc(-c3ccc(-c4cnc(CNC(=O)C(C)(C)C5CCCC5)[nH]4)cc3)cc2)[nH]1)C1CCCC1.CC(C)C.CC(C)C. The molecule has 304 valence electrons. The molecule has 2 aromatic carbocycles. The summed E-state index contributed by atoms with van der Waals surface area (Å²) in [6.07, 6.45) is 21.1. The van der Waals surface area contributed by atoms with Crippen molar-refractivity contribution in [2.24, 2.45) is 34.5 Å². The van der Waals surface area contributed by atoms with Crippen LogP contribution in [0.1, 0.15) is 132 Å². The molecule has 0 unspecified atom stereocenters. The van der Waals surface area contributed by atoms with Gasteiger partial charge in [-0.15, -0.1) is 12.8 Å². The number of benzene rings is 2. The second-order valence-corrected chi connectivity index (χ2v) is 17.9. The Morgan fingerprint density at radius 3 is 1.14 bits per heavy atom. The van der Waals surface area contributed by atoms with Crippen molar-refractivity contribution >= 4 is 11.8 Å². The number of nitrogens with one attached hydrogen (secondary N) is 4. The largest absolute Gasteiger partial charge is 0.348 e. The molecule has 2 fully saturated rings. The number of terminal acetylenes is 1. The second-order valence-electron chi connectivity index (χ2n) is 17.9. The van der Waals surface area contributed by atoms with Crippen molar-refractivity contribution in [1.29, 1.82) is 0 Å². The molecule has 0 spiro atoms. The van der Waals surface area contributed by atoms with E-state index in [1.54, 1.807) is 0 Å². The van der Waals surface area contributed by atoms with Gasteiger partial charge in [-0.1, -0.05) is 143 Å². The maximum Gasteiger partial charge on any atom is 0.226 e. The summed E-state index contributed by atoms with van der Waals surface area (Å²) in [7, 11) is 0. The van der Waals surface area contributed by atoms with E-state index in [9.17, 15) is 9.59 Å². The van der Waals surface area contributed by atoms with Crippen LogP contribution in [0.25, 0.3) is 33.6 Å². The Hall–Kier alpha value is -4.64. The lowest BCUT2D eigenvalue weighted by Crippen LogP contribution is -2.41. The maximum atomic E-state index is 12.9. The summed E-state index contributed by atoms with van der Waals surface area (Å²) < 4.78 is 0.